The number of amides is 1. The lowest BCUT2D eigenvalue weighted by molar-refractivity contribution is -0.0742. The maximum absolute atomic E-state index is 12.3. The number of carbonyl (C=O) groups is 1. The van der Waals surface area contributed by atoms with E-state index in [2.05, 4.69) is 10.3 Å². The molecule has 0 aliphatic carbocycles. The van der Waals surface area contributed by atoms with Gasteiger partial charge >= 0.3 is 0 Å². The average molecular weight is 334 g/mol. The molecule has 0 saturated carbocycles. The summed E-state index contributed by atoms with van der Waals surface area (Å²) in [4.78, 5) is 16.5. The molecule has 0 bridgehead atoms. The Morgan fingerprint density at radius 2 is 2.26 bits per heavy atom. The van der Waals surface area contributed by atoms with Crippen molar-refractivity contribution in [3.05, 3.63) is 46.4 Å². The Morgan fingerprint density at radius 3 is 3.00 bits per heavy atom. The first-order chi connectivity index (χ1) is 11.2. The molecule has 1 aromatic carbocycles. The van der Waals surface area contributed by atoms with E-state index in [1.54, 1.807) is 17.6 Å². The van der Waals surface area contributed by atoms with Gasteiger partial charge in [-0.3, -0.25) is 4.79 Å². The molecule has 1 aliphatic heterocycles. The van der Waals surface area contributed by atoms with Gasteiger partial charge in [0, 0.05) is 17.6 Å². The third-order valence-electron chi connectivity index (χ3n) is 3.68. The Hall–Kier alpha value is -1.96. The maximum Gasteiger partial charge on any atom is 0.251 e. The molecule has 23 heavy (non-hydrogen) atoms. The van der Waals surface area contributed by atoms with Gasteiger partial charge in [0.05, 0.1) is 30.5 Å². The number of thiazole rings is 1. The van der Waals surface area contributed by atoms with Crippen LogP contribution >= 0.6 is 11.3 Å². The summed E-state index contributed by atoms with van der Waals surface area (Å²) in [6.07, 6.45) is 0.498. The van der Waals surface area contributed by atoms with Crippen molar-refractivity contribution >= 4 is 17.2 Å². The van der Waals surface area contributed by atoms with E-state index in [0.29, 0.717) is 31.8 Å². The number of carbonyl (C=O) groups excluding carboxylic acids is 1. The van der Waals surface area contributed by atoms with Crippen LogP contribution in [0.3, 0.4) is 0 Å². The summed E-state index contributed by atoms with van der Waals surface area (Å²) >= 11 is 1.52. The molecule has 1 saturated heterocycles. The van der Waals surface area contributed by atoms with Gasteiger partial charge in [-0.05, 0) is 30.7 Å². The van der Waals surface area contributed by atoms with Gasteiger partial charge in [-0.25, -0.2) is 4.98 Å². The third kappa shape index (κ3) is 4.28. The second kappa shape index (κ2) is 7.54. The van der Waals surface area contributed by atoms with Gasteiger partial charge in [0.25, 0.3) is 5.91 Å². The van der Waals surface area contributed by atoms with Crippen molar-refractivity contribution in [3.8, 4) is 5.75 Å². The molecule has 3 rings (SSSR count). The number of nitrogens with zero attached hydrogens (tertiary/aromatic N) is 1. The van der Waals surface area contributed by atoms with Gasteiger partial charge in [0.15, 0.2) is 0 Å². The minimum absolute atomic E-state index is 0.108. The largest absolute Gasteiger partial charge is 0.508 e. The van der Waals surface area contributed by atoms with E-state index >= 15 is 0 Å². The van der Waals surface area contributed by atoms with E-state index in [4.69, 9.17) is 9.47 Å². The minimum atomic E-state index is -0.202. The first-order valence-corrected chi connectivity index (χ1v) is 8.33. The molecule has 0 unspecified atom stereocenters. The van der Waals surface area contributed by atoms with Crippen molar-refractivity contribution in [3.63, 3.8) is 0 Å². The van der Waals surface area contributed by atoms with Crippen LogP contribution in [0, 0.1) is 0 Å². The van der Waals surface area contributed by atoms with Crippen LogP contribution < -0.4 is 5.32 Å². The molecule has 1 fully saturated rings. The van der Waals surface area contributed by atoms with Crippen LogP contribution in [0.25, 0.3) is 0 Å². The molecule has 122 valence electrons. The predicted octanol–water partition coefficient (Wildman–Crippen LogP) is 1.95. The van der Waals surface area contributed by atoms with Gasteiger partial charge < -0.3 is 19.9 Å². The smallest absolute Gasteiger partial charge is 0.251 e. The number of ether oxygens (including phenoxy) is 2. The zero-order valence-corrected chi connectivity index (χ0v) is 13.3. The zero-order valence-electron chi connectivity index (χ0n) is 12.5. The van der Waals surface area contributed by atoms with Crippen molar-refractivity contribution in [2.24, 2.45) is 0 Å². The van der Waals surface area contributed by atoms with Gasteiger partial charge in [-0.15, -0.1) is 11.3 Å². The van der Waals surface area contributed by atoms with Crippen LogP contribution in [0.1, 0.15) is 22.5 Å². The van der Waals surface area contributed by atoms with Crippen LogP contribution in [0.2, 0.25) is 0 Å². The standard InChI is InChI=1S/C16H18N2O4S/c19-13-3-1-11(2-4-13)16(20)18-14-5-6-21-8-15(14)22-7-12-9-23-10-17-12/h1-4,9-10,14-15,19H,5-8H2,(H,18,20)/t14-,15-/m1/s1. The van der Waals surface area contributed by atoms with Crippen molar-refractivity contribution < 1.29 is 19.4 Å². The lowest BCUT2D eigenvalue weighted by Crippen LogP contribution is -2.49. The molecule has 2 aromatic rings. The van der Waals surface area contributed by atoms with E-state index in [0.717, 1.165) is 5.69 Å². The molecule has 2 atom stereocenters. The first-order valence-electron chi connectivity index (χ1n) is 7.38. The summed E-state index contributed by atoms with van der Waals surface area (Å²) in [5.74, 6) is -0.0451. The predicted molar refractivity (Wildman–Crippen MR) is 85.5 cm³/mol. The highest BCUT2D eigenvalue weighted by atomic mass is 32.1. The highest BCUT2D eigenvalue weighted by molar-refractivity contribution is 7.07. The number of rotatable bonds is 5. The van der Waals surface area contributed by atoms with E-state index in [1.807, 2.05) is 5.38 Å². The van der Waals surface area contributed by atoms with Crippen LogP contribution in [0.5, 0.6) is 5.75 Å². The fourth-order valence-corrected chi connectivity index (χ4v) is 2.95. The Balaban J connectivity index is 1.59. The molecule has 0 radical (unpaired) electrons. The molecule has 1 aliphatic rings. The number of hydrogen-bond acceptors (Lipinski definition) is 6. The van der Waals surface area contributed by atoms with Crippen LogP contribution in [-0.2, 0) is 16.1 Å². The molecule has 1 aromatic heterocycles. The van der Waals surface area contributed by atoms with Gasteiger partial charge in [-0.2, -0.15) is 0 Å². The number of phenols is 1. The summed E-state index contributed by atoms with van der Waals surface area (Å²) < 4.78 is 11.3. The molecular formula is C16H18N2O4S. The van der Waals surface area contributed by atoms with Gasteiger partial charge in [0.1, 0.15) is 11.9 Å². The second-order valence-electron chi connectivity index (χ2n) is 5.32. The van der Waals surface area contributed by atoms with E-state index < -0.39 is 0 Å². The number of nitrogens with one attached hydrogen (secondary N) is 1. The van der Waals surface area contributed by atoms with Gasteiger partial charge in [0.2, 0.25) is 0 Å². The highest BCUT2D eigenvalue weighted by Gasteiger charge is 2.28. The van der Waals surface area contributed by atoms with Gasteiger partial charge in [-0.1, -0.05) is 0 Å². The second-order valence-corrected chi connectivity index (χ2v) is 6.04. The summed E-state index contributed by atoms with van der Waals surface area (Å²) in [6.45, 7) is 1.45. The minimum Gasteiger partial charge on any atom is -0.508 e. The third-order valence-corrected chi connectivity index (χ3v) is 4.31. The van der Waals surface area contributed by atoms with E-state index in [1.165, 1.54) is 23.5 Å². The molecule has 7 heteroatoms. The number of aromatic hydroxyl groups is 1. The summed E-state index contributed by atoms with van der Waals surface area (Å²) in [5, 5.41) is 14.2. The number of benzene rings is 1. The molecule has 0 spiro atoms. The average Bonchev–Trinajstić information content (AvgIpc) is 3.08. The lowest BCUT2D eigenvalue weighted by Gasteiger charge is -2.32. The van der Waals surface area contributed by atoms with Crippen molar-refractivity contribution in [2.75, 3.05) is 13.2 Å². The Kier molecular flexibility index (Phi) is 5.22. The molecule has 2 N–H and O–H groups in total. The Labute approximate surface area is 138 Å². The van der Waals surface area contributed by atoms with Crippen molar-refractivity contribution in [2.45, 2.75) is 25.2 Å². The number of aromatic nitrogens is 1. The fraction of sp³-hybridized carbons (Fsp3) is 0.375. The molecule has 1 amide bonds. The van der Waals surface area contributed by atoms with E-state index in [9.17, 15) is 9.90 Å². The monoisotopic (exact) mass is 334 g/mol. The Bertz CT molecular complexity index is 630. The van der Waals surface area contributed by atoms with Crippen LogP contribution in [-0.4, -0.2) is 41.4 Å². The number of hydrogen-bond donors (Lipinski definition) is 2. The van der Waals surface area contributed by atoms with Crippen molar-refractivity contribution in [1.29, 1.82) is 0 Å². The van der Waals surface area contributed by atoms with Crippen LogP contribution in [0.4, 0.5) is 0 Å². The summed E-state index contributed by atoms with van der Waals surface area (Å²) in [6, 6.07) is 6.07. The normalized spacial score (nSPS) is 21.0. The zero-order chi connectivity index (χ0) is 16.1. The quantitative estimate of drug-likeness (QED) is 0.873. The lowest BCUT2D eigenvalue weighted by atomic mass is 10.1. The molecular weight excluding hydrogens is 316 g/mol. The van der Waals surface area contributed by atoms with E-state index in [-0.39, 0.29) is 23.8 Å². The summed E-state index contributed by atoms with van der Waals surface area (Å²) in [7, 11) is 0. The number of phenolic OH excluding ortho intramolecular Hbond substituents is 1. The maximum atomic E-state index is 12.3. The first kappa shape index (κ1) is 15.9. The summed E-state index contributed by atoms with van der Waals surface area (Å²) in [5.41, 5.74) is 3.15. The van der Waals surface area contributed by atoms with Crippen molar-refractivity contribution in [1.82, 2.24) is 10.3 Å². The highest BCUT2D eigenvalue weighted by Crippen LogP contribution is 2.16. The SMILES string of the molecule is O=C(N[C@@H]1CCOC[C@H]1OCc1cscn1)c1ccc(O)cc1. The van der Waals surface area contributed by atoms with Crippen LogP contribution in [0.15, 0.2) is 35.2 Å². The fourth-order valence-electron chi connectivity index (χ4n) is 2.41. The molecule has 2 heterocycles. The molecule has 6 nitrogen and oxygen atoms in total. The topological polar surface area (TPSA) is 80.7 Å². The Morgan fingerprint density at radius 1 is 1.43 bits per heavy atom.